The molecule has 3 rings (SSSR count). The van der Waals surface area contributed by atoms with Crippen LogP contribution in [0.25, 0.3) is 0 Å². The largest absolute Gasteiger partial charge is 0.398 e. The van der Waals surface area contributed by atoms with Gasteiger partial charge in [0.05, 0.1) is 5.56 Å². The molecule has 0 bridgehead atoms. The minimum Gasteiger partial charge on any atom is -0.398 e. The summed E-state index contributed by atoms with van der Waals surface area (Å²) in [4.78, 5) is 12.3. The smallest absolute Gasteiger partial charge is 0.253 e. The van der Waals surface area contributed by atoms with Gasteiger partial charge in [-0.05, 0) is 42.5 Å². The molecule has 0 saturated heterocycles. The number of carbonyl (C=O) groups is 1. The van der Waals surface area contributed by atoms with Crippen molar-refractivity contribution in [2.24, 2.45) is 0 Å². The minimum atomic E-state index is -0.0764. The van der Waals surface area contributed by atoms with Crippen LogP contribution in [0.5, 0.6) is 0 Å². The molecule has 3 N–H and O–H groups in total. The summed E-state index contributed by atoms with van der Waals surface area (Å²) in [7, 11) is 0. The predicted octanol–water partition coefficient (Wildman–Crippen LogP) is 2.56. The molecule has 2 aromatic carbocycles. The fourth-order valence-corrected chi connectivity index (χ4v) is 2.79. The van der Waals surface area contributed by atoms with Crippen LogP contribution < -0.4 is 11.1 Å². The van der Waals surface area contributed by atoms with Crippen molar-refractivity contribution in [2.75, 3.05) is 5.73 Å². The highest BCUT2D eigenvalue weighted by Crippen LogP contribution is 2.21. The van der Waals surface area contributed by atoms with Gasteiger partial charge in [-0.3, -0.25) is 4.79 Å². The second-order valence-electron chi connectivity index (χ2n) is 5.27. The Hall–Kier alpha value is -2.29. The highest BCUT2D eigenvalue weighted by atomic mass is 16.1. The first-order chi connectivity index (χ1) is 9.74. The molecule has 20 heavy (non-hydrogen) atoms. The Morgan fingerprint density at radius 3 is 2.55 bits per heavy atom. The van der Waals surface area contributed by atoms with Gasteiger partial charge >= 0.3 is 0 Å². The van der Waals surface area contributed by atoms with Gasteiger partial charge in [-0.25, -0.2) is 0 Å². The number of carbonyl (C=O) groups excluding carboxylic acids is 1. The van der Waals surface area contributed by atoms with Crippen LogP contribution >= 0.6 is 0 Å². The summed E-state index contributed by atoms with van der Waals surface area (Å²) in [5, 5.41) is 3.10. The van der Waals surface area contributed by atoms with E-state index < -0.39 is 0 Å². The summed E-state index contributed by atoms with van der Waals surface area (Å²) < 4.78 is 0. The summed E-state index contributed by atoms with van der Waals surface area (Å²) in [6.45, 7) is 0. The van der Waals surface area contributed by atoms with Gasteiger partial charge in [0.15, 0.2) is 0 Å². The lowest BCUT2D eigenvalue weighted by molar-refractivity contribution is 0.0934. The van der Waals surface area contributed by atoms with Crippen molar-refractivity contribution in [3.63, 3.8) is 0 Å². The number of hydrogen-bond acceptors (Lipinski definition) is 2. The number of nitrogens with one attached hydrogen (secondary N) is 1. The average molecular weight is 266 g/mol. The maximum Gasteiger partial charge on any atom is 0.253 e. The molecular weight excluding hydrogens is 248 g/mol. The maximum absolute atomic E-state index is 12.3. The summed E-state index contributed by atoms with van der Waals surface area (Å²) in [6.07, 6.45) is 2.90. The SMILES string of the molecule is Nc1ccccc1C(=O)NC1CCc2ccccc2C1. The molecule has 0 aliphatic heterocycles. The first kappa shape index (κ1) is 12.7. The molecular formula is C17H18N2O. The van der Waals surface area contributed by atoms with E-state index in [4.69, 9.17) is 5.73 Å². The molecule has 3 heteroatoms. The van der Waals surface area contributed by atoms with E-state index in [0.717, 1.165) is 19.3 Å². The molecule has 1 aliphatic rings. The molecule has 2 aromatic rings. The number of fused-ring (bicyclic) bond motifs is 1. The normalized spacial score (nSPS) is 17.3. The van der Waals surface area contributed by atoms with Gasteiger partial charge in [-0.15, -0.1) is 0 Å². The van der Waals surface area contributed by atoms with Crippen molar-refractivity contribution >= 4 is 11.6 Å². The van der Waals surface area contributed by atoms with Crippen LogP contribution in [0.3, 0.4) is 0 Å². The second-order valence-corrected chi connectivity index (χ2v) is 5.27. The Morgan fingerprint density at radius 1 is 1.05 bits per heavy atom. The monoisotopic (exact) mass is 266 g/mol. The molecule has 1 unspecified atom stereocenters. The average Bonchev–Trinajstić information content (AvgIpc) is 2.47. The number of aryl methyl sites for hydroxylation is 1. The van der Waals surface area contributed by atoms with E-state index in [1.807, 2.05) is 12.1 Å². The van der Waals surface area contributed by atoms with Crippen LogP contribution in [0.4, 0.5) is 5.69 Å². The first-order valence-corrected chi connectivity index (χ1v) is 6.96. The van der Waals surface area contributed by atoms with Crippen molar-refractivity contribution in [1.29, 1.82) is 0 Å². The Balaban J connectivity index is 1.71. The number of para-hydroxylation sites is 1. The van der Waals surface area contributed by atoms with Gasteiger partial charge in [-0.2, -0.15) is 0 Å². The number of hydrogen-bond donors (Lipinski definition) is 2. The quantitative estimate of drug-likeness (QED) is 0.821. The van der Waals surface area contributed by atoms with Crippen LogP contribution in [0.15, 0.2) is 48.5 Å². The zero-order valence-electron chi connectivity index (χ0n) is 11.3. The third kappa shape index (κ3) is 2.52. The van der Waals surface area contributed by atoms with Gasteiger partial charge in [0.25, 0.3) is 5.91 Å². The van der Waals surface area contributed by atoms with E-state index in [1.165, 1.54) is 11.1 Å². The fraction of sp³-hybridized carbons (Fsp3) is 0.235. The molecule has 1 atom stereocenters. The molecule has 1 amide bonds. The van der Waals surface area contributed by atoms with Crippen LogP contribution in [0.1, 0.15) is 27.9 Å². The van der Waals surface area contributed by atoms with E-state index in [0.29, 0.717) is 11.3 Å². The van der Waals surface area contributed by atoms with E-state index >= 15 is 0 Å². The van der Waals surface area contributed by atoms with Crippen molar-refractivity contribution < 1.29 is 4.79 Å². The van der Waals surface area contributed by atoms with Crippen LogP contribution in [-0.2, 0) is 12.8 Å². The van der Waals surface area contributed by atoms with Gasteiger partial charge in [0.1, 0.15) is 0 Å². The van der Waals surface area contributed by atoms with Crippen molar-refractivity contribution in [2.45, 2.75) is 25.3 Å². The summed E-state index contributed by atoms with van der Waals surface area (Å²) in [5.41, 5.74) is 9.67. The third-order valence-electron chi connectivity index (χ3n) is 3.89. The Kier molecular flexibility index (Phi) is 3.42. The van der Waals surface area contributed by atoms with Crippen molar-refractivity contribution in [3.8, 4) is 0 Å². The summed E-state index contributed by atoms with van der Waals surface area (Å²) >= 11 is 0. The standard InChI is InChI=1S/C17H18N2O/c18-16-8-4-3-7-15(16)17(20)19-14-10-9-12-5-1-2-6-13(12)11-14/h1-8,14H,9-11,18H2,(H,19,20). The summed E-state index contributed by atoms with van der Waals surface area (Å²) in [6, 6.07) is 15.8. The molecule has 102 valence electrons. The maximum atomic E-state index is 12.3. The van der Waals surface area contributed by atoms with Crippen LogP contribution in [0, 0.1) is 0 Å². The number of nitrogen functional groups attached to an aromatic ring is 1. The summed E-state index contributed by atoms with van der Waals surface area (Å²) in [5.74, 6) is -0.0764. The molecule has 3 nitrogen and oxygen atoms in total. The Morgan fingerprint density at radius 2 is 1.75 bits per heavy atom. The second kappa shape index (κ2) is 5.37. The lowest BCUT2D eigenvalue weighted by atomic mass is 9.88. The molecule has 1 aliphatic carbocycles. The number of amides is 1. The van der Waals surface area contributed by atoms with Gasteiger partial charge in [-0.1, -0.05) is 36.4 Å². The van der Waals surface area contributed by atoms with E-state index in [-0.39, 0.29) is 11.9 Å². The number of rotatable bonds is 2. The number of benzene rings is 2. The van der Waals surface area contributed by atoms with Gasteiger partial charge < -0.3 is 11.1 Å². The molecule has 0 radical (unpaired) electrons. The highest BCUT2D eigenvalue weighted by Gasteiger charge is 2.20. The van der Waals surface area contributed by atoms with Crippen LogP contribution in [0.2, 0.25) is 0 Å². The van der Waals surface area contributed by atoms with Gasteiger partial charge in [0, 0.05) is 11.7 Å². The zero-order valence-corrected chi connectivity index (χ0v) is 11.3. The minimum absolute atomic E-state index is 0.0764. The zero-order chi connectivity index (χ0) is 13.9. The third-order valence-corrected chi connectivity index (χ3v) is 3.89. The predicted molar refractivity (Wildman–Crippen MR) is 80.6 cm³/mol. The van der Waals surface area contributed by atoms with E-state index in [1.54, 1.807) is 12.1 Å². The van der Waals surface area contributed by atoms with Crippen LogP contribution in [-0.4, -0.2) is 11.9 Å². The van der Waals surface area contributed by atoms with E-state index in [9.17, 15) is 4.79 Å². The van der Waals surface area contributed by atoms with Gasteiger partial charge in [0.2, 0.25) is 0 Å². The molecule has 0 aromatic heterocycles. The number of nitrogens with two attached hydrogens (primary N) is 1. The fourth-order valence-electron chi connectivity index (χ4n) is 2.79. The first-order valence-electron chi connectivity index (χ1n) is 6.96. The van der Waals surface area contributed by atoms with Crippen molar-refractivity contribution in [3.05, 3.63) is 65.2 Å². The molecule has 0 heterocycles. The lowest BCUT2D eigenvalue weighted by Gasteiger charge is -2.25. The molecule has 0 fully saturated rings. The molecule has 0 spiro atoms. The van der Waals surface area contributed by atoms with Crippen molar-refractivity contribution in [1.82, 2.24) is 5.32 Å². The Bertz CT molecular complexity index is 636. The molecule has 0 saturated carbocycles. The van der Waals surface area contributed by atoms with E-state index in [2.05, 4.69) is 29.6 Å². The topological polar surface area (TPSA) is 55.1 Å². The highest BCUT2D eigenvalue weighted by molar-refractivity contribution is 5.99. The lowest BCUT2D eigenvalue weighted by Crippen LogP contribution is -2.39. The Labute approximate surface area is 118 Å². The number of anilines is 1.